The molecule has 1 saturated heterocycles. The van der Waals surface area contributed by atoms with Crippen molar-refractivity contribution in [3.8, 4) is 0 Å². The number of aryl methyl sites for hydroxylation is 1. The van der Waals surface area contributed by atoms with Crippen molar-refractivity contribution in [3.05, 3.63) is 54.1 Å². The van der Waals surface area contributed by atoms with E-state index in [9.17, 15) is 0 Å². The molecule has 0 aliphatic carbocycles. The first-order valence-electron chi connectivity index (χ1n) is 9.68. The summed E-state index contributed by atoms with van der Waals surface area (Å²) in [5.41, 5.74) is 4.48. The molecular weight excluding hydrogens is 321 g/mol. The zero-order valence-electron chi connectivity index (χ0n) is 16.3. The zero-order chi connectivity index (χ0) is 18.4. The highest BCUT2D eigenvalue weighted by Gasteiger charge is 2.51. The first-order valence-corrected chi connectivity index (χ1v) is 9.68. The van der Waals surface area contributed by atoms with Crippen LogP contribution in [0.15, 0.2) is 48.5 Å². The third-order valence-electron chi connectivity index (χ3n) is 6.07. The largest absolute Gasteiger partial charge is 0.494 e. The molecule has 2 aromatic carbocycles. The molecular formula is C22H28BNO2. The van der Waals surface area contributed by atoms with Crippen molar-refractivity contribution in [2.24, 2.45) is 0 Å². The fraction of sp³-hybridized carbons (Fsp3) is 0.455. The van der Waals surface area contributed by atoms with Crippen LogP contribution >= 0.6 is 0 Å². The summed E-state index contributed by atoms with van der Waals surface area (Å²) in [7, 11) is -0.293. The van der Waals surface area contributed by atoms with E-state index in [0.717, 1.165) is 18.4 Å². The molecule has 0 bridgehead atoms. The molecule has 1 fully saturated rings. The minimum absolute atomic E-state index is 0.293. The number of hydrogen-bond acceptors (Lipinski definition) is 3. The Kier molecular flexibility index (Phi) is 4.36. The van der Waals surface area contributed by atoms with Gasteiger partial charge in [0.15, 0.2) is 0 Å². The summed E-state index contributed by atoms with van der Waals surface area (Å²) in [6.07, 6.45) is 3.52. The number of fused-ring (bicyclic) bond motifs is 1. The summed E-state index contributed by atoms with van der Waals surface area (Å²) in [5.74, 6) is 0. The molecule has 4 heteroatoms. The van der Waals surface area contributed by atoms with Gasteiger partial charge in [-0.2, -0.15) is 0 Å². The Hall–Kier alpha value is -1.78. The molecule has 0 aromatic heterocycles. The van der Waals surface area contributed by atoms with Crippen molar-refractivity contribution in [1.29, 1.82) is 0 Å². The van der Waals surface area contributed by atoms with Gasteiger partial charge in [-0.1, -0.05) is 30.3 Å². The first kappa shape index (κ1) is 17.6. The minimum atomic E-state index is -0.305. The quantitative estimate of drug-likeness (QED) is 0.747. The highest BCUT2D eigenvalue weighted by molar-refractivity contribution is 6.62. The van der Waals surface area contributed by atoms with Crippen molar-refractivity contribution < 1.29 is 9.31 Å². The monoisotopic (exact) mass is 349 g/mol. The molecule has 0 unspecified atom stereocenters. The van der Waals surface area contributed by atoms with Gasteiger partial charge >= 0.3 is 7.12 Å². The highest BCUT2D eigenvalue weighted by atomic mass is 16.7. The summed E-state index contributed by atoms with van der Waals surface area (Å²) in [6.45, 7) is 9.48. The molecule has 2 aliphatic rings. The van der Waals surface area contributed by atoms with Crippen LogP contribution in [0.3, 0.4) is 0 Å². The molecule has 4 rings (SSSR count). The van der Waals surface area contributed by atoms with Crippen LogP contribution in [0.4, 0.5) is 11.4 Å². The Bertz CT molecular complexity index is 772. The molecule has 0 amide bonds. The predicted octanol–water partition coefficient (Wildman–Crippen LogP) is 4.46. The van der Waals surface area contributed by atoms with Crippen LogP contribution in [0.25, 0.3) is 0 Å². The van der Waals surface area contributed by atoms with E-state index in [-0.39, 0.29) is 18.3 Å². The van der Waals surface area contributed by atoms with E-state index < -0.39 is 0 Å². The van der Waals surface area contributed by atoms with Gasteiger partial charge in [-0.3, -0.25) is 0 Å². The van der Waals surface area contributed by atoms with Crippen LogP contribution in [0.1, 0.15) is 46.1 Å². The Morgan fingerprint density at radius 2 is 1.58 bits per heavy atom. The topological polar surface area (TPSA) is 21.7 Å². The van der Waals surface area contributed by atoms with Crippen molar-refractivity contribution in [3.63, 3.8) is 0 Å². The number of hydrogen-bond donors (Lipinski definition) is 0. The van der Waals surface area contributed by atoms with Crippen LogP contribution in [0.2, 0.25) is 0 Å². The highest BCUT2D eigenvalue weighted by Crippen LogP contribution is 2.37. The molecule has 0 spiro atoms. The molecule has 136 valence electrons. The van der Waals surface area contributed by atoms with E-state index >= 15 is 0 Å². The number of nitrogens with zero attached hydrogens (tertiary/aromatic N) is 1. The summed E-state index contributed by atoms with van der Waals surface area (Å²) in [6, 6.07) is 17.4. The maximum atomic E-state index is 6.25. The fourth-order valence-electron chi connectivity index (χ4n) is 3.78. The molecule has 2 aromatic rings. The average molecular weight is 349 g/mol. The van der Waals surface area contributed by atoms with Crippen LogP contribution in [-0.4, -0.2) is 24.9 Å². The standard InChI is InChI=1S/C22H28BNO2/c1-21(2)22(3,4)26-23(25-21)18-13-14-20-17(16-18)10-8-9-15-24(20)19-11-6-5-7-12-19/h5-7,11-14,16H,8-10,15H2,1-4H3. The smallest absolute Gasteiger partial charge is 0.399 e. The lowest BCUT2D eigenvalue weighted by molar-refractivity contribution is 0.00578. The second-order valence-corrected chi connectivity index (χ2v) is 8.42. The number of anilines is 2. The minimum Gasteiger partial charge on any atom is -0.399 e. The van der Waals surface area contributed by atoms with Crippen LogP contribution in [0, 0.1) is 0 Å². The van der Waals surface area contributed by atoms with E-state index in [1.165, 1.54) is 29.8 Å². The summed E-state index contributed by atoms with van der Waals surface area (Å²) < 4.78 is 12.5. The van der Waals surface area contributed by atoms with Gasteiger partial charge < -0.3 is 14.2 Å². The molecule has 0 radical (unpaired) electrons. The van der Waals surface area contributed by atoms with E-state index in [0.29, 0.717) is 0 Å². The van der Waals surface area contributed by atoms with Gasteiger partial charge in [0.1, 0.15) is 0 Å². The van der Waals surface area contributed by atoms with E-state index in [1.807, 2.05) is 0 Å². The van der Waals surface area contributed by atoms with Gasteiger partial charge in [0.2, 0.25) is 0 Å². The lowest BCUT2D eigenvalue weighted by Crippen LogP contribution is -2.41. The van der Waals surface area contributed by atoms with Gasteiger partial charge in [0.05, 0.1) is 11.2 Å². The molecule has 0 N–H and O–H groups in total. The fourth-order valence-corrected chi connectivity index (χ4v) is 3.78. The third-order valence-corrected chi connectivity index (χ3v) is 6.07. The van der Waals surface area contributed by atoms with Crippen molar-refractivity contribution in [2.75, 3.05) is 11.4 Å². The van der Waals surface area contributed by atoms with Gasteiger partial charge in [-0.05, 0) is 76.2 Å². The van der Waals surface area contributed by atoms with Crippen LogP contribution in [-0.2, 0) is 15.7 Å². The summed E-state index contributed by atoms with van der Waals surface area (Å²) >= 11 is 0. The second kappa shape index (κ2) is 6.43. The Morgan fingerprint density at radius 1 is 0.885 bits per heavy atom. The SMILES string of the molecule is CC1(C)OB(c2ccc3c(c2)CCCCN3c2ccccc2)OC1(C)C. The Balaban J connectivity index is 1.68. The van der Waals surface area contributed by atoms with Crippen molar-refractivity contribution >= 4 is 24.0 Å². The summed E-state index contributed by atoms with van der Waals surface area (Å²) in [5, 5.41) is 0. The normalized spacial score (nSPS) is 21.4. The van der Waals surface area contributed by atoms with Gasteiger partial charge in [0.25, 0.3) is 0 Å². The van der Waals surface area contributed by atoms with Gasteiger partial charge in [0, 0.05) is 17.9 Å². The lowest BCUT2D eigenvalue weighted by Gasteiger charge is -2.32. The third kappa shape index (κ3) is 3.06. The number of benzene rings is 2. The van der Waals surface area contributed by atoms with Crippen LogP contribution in [0.5, 0.6) is 0 Å². The second-order valence-electron chi connectivity index (χ2n) is 8.42. The summed E-state index contributed by atoms with van der Waals surface area (Å²) in [4.78, 5) is 2.44. The first-order chi connectivity index (χ1) is 12.4. The van der Waals surface area contributed by atoms with Gasteiger partial charge in [-0.15, -0.1) is 0 Å². The average Bonchev–Trinajstić information content (AvgIpc) is 2.76. The van der Waals surface area contributed by atoms with Gasteiger partial charge in [-0.25, -0.2) is 0 Å². The lowest BCUT2D eigenvalue weighted by atomic mass is 9.78. The van der Waals surface area contributed by atoms with Crippen LogP contribution < -0.4 is 10.4 Å². The van der Waals surface area contributed by atoms with E-state index in [1.54, 1.807) is 0 Å². The van der Waals surface area contributed by atoms with E-state index in [4.69, 9.17) is 9.31 Å². The van der Waals surface area contributed by atoms with E-state index in [2.05, 4.69) is 81.1 Å². The van der Waals surface area contributed by atoms with Crippen molar-refractivity contribution in [2.45, 2.75) is 58.2 Å². The Labute approximate surface area is 157 Å². The molecule has 0 saturated carbocycles. The molecule has 3 nitrogen and oxygen atoms in total. The number of rotatable bonds is 2. The number of para-hydroxylation sites is 1. The molecule has 26 heavy (non-hydrogen) atoms. The predicted molar refractivity (Wildman–Crippen MR) is 109 cm³/mol. The van der Waals surface area contributed by atoms with Crippen molar-refractivity contribution in [1.82, 2.24) is 0 Å². The maximum Gasteiger partial charge on any atom is 0.494 e. The molecule has 2 aliphatic heterocycles. The Morgan fingerprint density at radius 3 is 2.27 bits per heavy atom. The molecule has 2 heterocycles. The zero-order valence-corrected chi connectivity index (χ0v) is 16.3. The molecule has 0 atom stereocenters. The maximum absolute atomic E-state index is 6.25.